The molecular weight excluding hydrogens is 402 g/mol. The molecule has 0 amide bonds. The predicted octanol–water partition coefficient (Wildman–Crippen LogP) is 4.71. The van der Waals surface area contributed by atoms with Crippen LogP contribution in [0.5, 0.6) is 0 Å². The van der Waals surface area contributed by atoms with Crippen LogP contribution in [-0.2, 0) is 13.0 Å². The quantitative estimate of drug-likeness (QED) is 0.540. The van der Waals surface area contributed by atoms with Crippen LogP contribution >= 0.6 is 11.3 Å². The number of nitrogens with zero attached hydrogens (tertiary/aromatic N) is 2. The Hall–Kier alpha value is -2.23. The van der Waals surface area contributed by atoms with Crippen molar-refractivity contribution in [1.29, 1.82) is 5.26 Å². The van der Waals surface area contributed by atoms with Crippen LogP contribution in [0.4, 0.5) is 0 Å². The van der Waals surface area contributed by atoms with Crippen molar-refractivity contribution in [2.45, 2.75) is 57.3 Å². The van der Waals surface area contributed by atoms with Gasteiger partial charge in [-0.3, -0.25) is 4.90 Å². The molecule has 5 heteroatoms. The first-order chi connectivity index (χ1) is 14.9. The third-order valence-electron chi connectivity index (χ3n) is 6.28. The zero-order valence-electron chi connectivity index (χ0n) is 18.3. The smallest absolute Gasteiger partial charge is 0.0991 e. The fourth-order valence-corrected chi connectivity index (χ4v) is 5.65. The van der Waals surface area contributed by atoms with Gasteiger partial charge >= 0.3 is 0 Å². The summed E-state index contributed by atoms with van der Waals surface area (Å²) >= 11 is 1.80. The Labute approximate surface area is 189 Å². The van der Waals surface area contributed by atoms with Crippen molar-refractivity contribution < 1.29 is 5.11 Å². The van der Waals surface area contributed by atoms with E-state index in [0.717, 1.165) is 37.9 Å². The Morgan fingerprint density at radius 3 is 2.94 bits per heavy atom. The first-order valence-electron chi connectivity index (χ1n) is 11.1. The molecule has 0 spiro atoms. The van der Waals surface area contributed by atoms with Gasteiger partial charge < -0.3 is 10.4 Å². The summed E-state index contributed by atoms with van der Waals surface area (Å²) in [5.41, 5.74) is 3.09. The maximum Gasteiger partial charge on any atom is 0.0991 e. The van der Waals surface area contributed by atoms with Crippen molar-refractivity contribution in [3.8, 4) is 6.07 Å². The normalized spacial score (nSPS) is 18.3. The SMILES string of the molecule is CC(C)(Cc1csc2ccccc12)NC[C@@H](O)[C@H]1CCCN1Cc1cccc(C#N)c1. The van der Waals surface area contributed by atoms with Gasteiger partial charge in [-0.2, -0.15) is 5.26 Å². The number of likely N-dealkylation sites (tertiary alicyclic amines) is 1. The fourth-order valence-electron chi connectivity index (χ4n) is 4.68. The number of β-amino-alcohol motifs (C(OH)–C–C–N with tert-alkyl or cyclic N) is 1. The summed E-state index contributed by atoms with van der Waals surface area (Å²) in [6.45, 7) is 6.77. The fraction of sp³-hybridized carbons (Fsp3) is 0.423. The minimum atomic E-state index is -0.417. The number of hydrogen-bond acceptors (Lipinski definition) is 5. The van der Waals surface area contributed by atoms with E-state index in [0.29, 0.717) is 12.1 Å². The molecule has 2 N–H and O–H groups in total. The number of rotatable bonds is 8. The summed E-state index contributed by atoms with van der Waals surface area (Å²) < 4.78 is 1.33. The first kappa shape index (κ1) is 22.0. The van der Waals surface area contributed by atoms with Crippen molar-refractivity contribution in [1.82, 2.24) is 10.2 Å². The molecule has 0 bridgehead atoms. The minimum absolute atomic E-state index is 0.102. The van der Waals surface area contributed by atoms with Crippen molar-refractivity contribution in [3.05, 3.63) is 70.6 Å². The molecule has 1 fully saturated rings. The van der Waals surface area contributed by atoms with Crippen LogP contribution in [0.3, 0.4) is 0 Å². The van der Waals surface area contributed by atoms with Crippen LogP contribution < -0.4 is 5.32 Å². The highest BCUT2D eigenvalue weighted by Gasteiger charge is 2.31. The van der Waals surface area contributed by atoms with E-state index < -0.39 is 6.10 Å². The number of nitrogens with one attached hydrogen (secondary N) is 1. The van der Waals surface area contributed by atoms with Gasteiger partial charge in [0.25, 0.3) is 0 Å². The Morgan fingerprint density at radius 1 is 1.26 bits per heavy atom. The van der Waals surface area contributed by atoms with E-state index in [9.17, 15) is 5.11 Å². The Morgan fingerprint density at radius 2 is 2.10 bits per heavy atom. The van der Waals surface area contributed by atoms with Crippen LogP contribution in [0, 0.1) is 11.3 Å². The van der Waals surface area contributed by atoms with E-state index in [1.165, 1.54) is 15.6 Å². The minimum Gasteiger partial charge on any atom is -0.390 e. The van der Waals surface area contributed by atoms with E-state index in [2.05, 4.69) is 65.8 Å². The highest BCUT2D eigenvalue weighted by atomic mass is 32.1. The molecule has 3 aromatic rings. The van der Waals surface area contributed by atoms with Gasteiger partial charge in [0.05, 0.1) is 17.7 Å². The maximum absolute atomic E-state index is 11.0. The molecule has 1 saturated heterocycles. The van der Waals surface area contributed by atoms with Gasteiger partial charge in [-0.15, -0.1) is 11.3 Å². The molecule has 2 heterocycles. The van der Waals surface area contributed by atoms with Gasteiger partial charge in [0.15, 0.2) is 0 Å². The molecule has 0 unspecified atom stereocenters. The zero-order chi connectivity index (χ0) is 21.8. The van der Waals surface area contributed by atoms with Crippen molar-refractivity contribution in [2.75, 3.05) is 13.1 Å². The van der Waals surface area contributed by atoms with Crippen LogP contribution in [0.1, 0.15) is 43.4 Å². The molecule has 0 aliphatic carbocycles. The summed E-state index contributed by atoms with van der Waals surface area (Å²) in [5, 5.41) is 27.4. The number of nitriles is 1. The van der Waals surface area contributed by atoms with E-state index in [-0.39, 0.29) is 11.6 Å². The van der Waals surface area contributed by atoms with Crippen LogP contribution in [0.2, 0.25) is 0 Å². The van der Waals surface area contributed by atoms with Crippen LogP contribution in [-0.4, -0.2) is 40.8 Å². The second-order valence-electron chi connectivity index (χ2n) is 9.26. The first-order valence-corrected chi connectivity index (χ1v) is 11.9. The zero-order valence-corrected chi connectivity index (χ0v) is 19.2. The third kappa shape index (κ3) is 5.34. The van der Waals surface area contributed by atoms with Crippen molar-refractivity contribution in [2.24, 2.45) is 0 Å². The summed E-state index contributed by atoms with van der Waals surface area (Å²) in [4.78, 5) is 2.36. The number of thiophene rings is 1. The Bertz CT molecular complexity index is 1070. The lowest BCUT2D eigenvalue weighted by Crippen LogP contribution is -2.50. The summed E-state index contributed by atoms with van der Waals surface area (Å²) in [6.07, 6.45) is 2.62. The highest BCUT2D eigenvalue weighted by molar-refractivity contribution is 7.17. The Balaban J connectivity index is 1.35. The van der Waals surface area contributed by atoms with E-state index >= 15 is 0 Å². The summed E-state index contributed by atoms with van der Waals surface area (Å²) in [5.74, 6) is 0. The molecule has 4 rings (SSSR count). The van der Waals surface area contributed by atoms with Gasteiger partial charge in [0.1, 0.15) is 0 Å². The molecule has 162 valence electrons. The lowest BCUT2D eigenvalue weighted by atomic mass is 9.94. The number of benzene rings is 2. The van der Waals surface area contributed by atoms with Gasteiger partial charge in [-0.25, -0.2) is 0 Å². The van der Waals surface area contributed by atoms with Crippen LogP contribution in [0.15, 0.2) is 53.9 Å². The van der Waals surface area contributed by atoms with E-state index in [1.807, 2.05) is 18.2 Å². The maximum atomic E-state index is 11.0. The van der Waals surface area contributed by atoms with E-state index in [4.69, 9.17) is 5.26 Å². The number of aliphatic hydroxyl groups is 1. The predicted molar refractivity (Wildman–Crippen MR) is 128 cm³/mol. The third-order valence-corrected chi connectivity index (χ3v) is 7.30. The average Bonchev–Trinajstić information content (AvgIpc) is 3.39. The van der Waals surface area contributed by atoms with Crippen molar-refractivity contribution in [3.63, 3.8) is 0 Å². The molecule has 31 heavy (non-hydrogen) atoms. The van der Waals surface area contributed by atoms with Gasteiger partial charge in [0.2, 0.25) is 0 Å². The molecule has 4 nitrogen and oxygen atoms in total. The molecule has 0 radical (unpaired) electrons. The largest absolute Gasteiger partial charge is 0.390 e. The van der Waals surface area contributed by atoms with Gasteiger partial charge in [0, 0.05) is 29.4 Å². The topological polar surface area (TPSA) is 59.3 Å². The highest BCUT2D eigenvalue weighted by Crippen LogP contribution is 2.29. The molecule has 1 aromatic heterocycles. The molecule has 1 aliphatic rings. The lowest BCUT2D eigenvalue weighted by molar-refractivity contribution is 0.0633. The second kappa shape index (κ2) is 9.50. The summed E-state index contributed by atoms with van der Waals surface area (Å²) in [7, 11) is 0. The molecular formula is C26H31N3OS. The standard InChI is InChI=1S/C26H31N3OS/c1-26(2,14-21-18-31-25-11-4-3-9-22(21)25)28-16-24(30)23-10-6-12-29(23)17-20-8-5-7-19(13-20)15-27/h3-5,7-9,11,13,18,23-24,28,30H,6,10,12,14,16-17H2,1-2H3/t23-,24-/m1/s1. The monoisotopic (exact) mass is 433 g/mol. The van der Waals surface area contributed by atoms with Crippen LogP contribution in [0.25, 0.3) is 10.1 Å². The number of hydrogen-bond donors (Lipinski definition) is 2. The molecule has 2 atom stereocenters. The Kier molecular flexibility index (Phi) is 6.74. The van der Waals surface area contributed by atoms with E-state index in [1.54, 1.807) is 11.3 Å². The number of aliphatic hydroxyl groups excluding tert-OH is 1. The molecule has 1 aliphatic heterocycles. The van der Waals surface area contributed by atoms with Gasteiger partial charge in [-0.05, 0) is 79.7 Å². The van der Waals surface area contributed by atoms with Gasteiger partial charge in [-0.1, -0.05) is 30.3 Å². The second-order valence-corrected chi connectivity index (χ2v) is 10.2. The van der Waals surface area contributed by atoms with Crippen molar-refractivity contribution >= 4 is 21.4 Å². The lowest BCUT2D eigenvalue weighted by Gasteiger charge is -2.32. The number of fused-ring (bicyclic) bond motifs is 1. The molecule has 0 saturated carbocycles. The average molecular weight is 434 g/mol. The summed E-state index contributed by atoms with van der Waals surface area (Å²) in [6, 6.07) is 18.7. The molecule has 2 aromatic carbocycles.